The van der Waals surface area contributed by atoms with Gasteiger partial charge in [0.1, 0.15) is 0 Å². The standard InChI is InChI=1S/C7H15NO/c1-9-5-7(4-8)6-2-3-6/h6-7H,2-5,8H2,1H3. The third-order valence-electron chi connectivity index (χ3n) is 1.97. The number of methoxy groups -OCH3 is 1. The molecular weight excluding hydrogens is 114 g/mol. The lowest BCUT2D eigenvalue weighted by Gasteiger charge is -2.10. The molecule has 0 heterocycles. The van der Waals surface area contributed by atoms with Gasteiger partial charge >= 0.3 is 0 Å². The lowest BCUT2D eigenvalue weighted by atomic mass is 10.1. The molecule has 0 aromatic rings. The summed E-state index contributed by atoms with van der Waals surface area (Å²) in [6, 6.07) is 0. The Bertz CT molecular complexity index is 81.0. The average Bonchev–Trinajstić information content (AvgIpc) is 2.64. The second-order valence-corrected chi connectivity index (χ2v) is 2.79. The predicted octanol–water partition coefficient (Wildman–Crippen LogP) is 0.618. The topological polar surface area (TPSA) is 35.2 Å². The maximum atomic E-state index is 5.52. The van der Waals surface area contributed by atoms with Crippen LogP contribution in [0.4, 0.5) is 0 Å². The average molecular weight is 129 g/mol. The molecule has 9 heavy (non-hydrogen) atoms. The van der Waals surface area contributed by atoms with Crippen LogP contribution in [0.2, 0.25) is 0 Å². The van der Waals surface area contributed by atoms with Crippen LogP contribution in [0.3, 0.4) is 0 Å². The lowest BCUT2D eigenvalue weighted by molar-refractivity contribution is 0.145. The van der Waals surface area contributed by atoms with Gasteiger partial charge in [-0.2, -0.15) is 0 Å². The molecule has 0 aromatic carbocycles. The van der Waals surface area contributed by atoms with E-state index < -0.39 is 0 Å². The van der Waals surface area contributed by atoms with E-state index in [2.05, 4.69) is 0 Å². The van der Waals surface area contributed by atoms with Crippen LogP contribution in [0.1, 0.15) is 12.8 Å². The van der Waals surface area contributed by atoms with Crippen LogP contribution >= 0.6 is 0 Å². The van der Waals surface area contributed by atoms with E-state index in [0.29, 0.717) is 5.92 Å². The van der Waals surface area contributed by atoms with Gasteiger partial charge in [0.25, 0.3) is 0 Å². The lowest BCUT2D eigenvalue weighted by Crippen LogP contribution is -2.20. The van der Waals surface area contributed by atoms with Gasteiger partial charge in [-0.05, 0) is 31.2 Å². The Morgan fingerprint density at radius 1 is 1.67 bits per heavy atom. The van der Waals surface area contributed by atoms with E-state index in [1.165, 1.54) is 12.8 Å². The van der Waals surface area contributed by atoms with Gasteiger partial charge in [-0.15, -0.1) is 0 Å². The fourth-order valence-corrected chi connectivity index (χ4v) is 1.18. The van der Waals surface area contributed by atoms with Crippen LogP contribution in [0, 0.1) is 11.8 Å². The molecule has 1 aliphatic rings. The van der Waals surface area contributed by atoms with Crippen LogP contribution in [0.25, 0.3) is 0 Å². The summed E-state index contributed by atoms with van der Waals surface area (Å²) in [6.07, 6.45) is 2.73. The van der Waals surface area contributed by atoms with Crippen LogP contribution in [0.5, 0.6) is 0 Å². The van der Waals surface area contributed by atoms with E-state index in [1.54, 1.807) is 7.11 Å². The van der Waals surface area contributed by atoms with Crippen molar-refractivity contribution in [1.29, 1.82) is 0 Å². The quantitative estimate of drug-likeness (QED) is 0.604. The van der Waals surface area contributed by atoms with Crippen molar-refractivity contribution >= 4 is 0 Å². The molecule has 0 spiro atoms. The summed E-state index contributed by atoms with van der Waals surface area (Å²) in [5, 5.41) is 0. The third kappa shape index (κ3) is 1.95. The summed E-state index contributed by atoms with van der Waals surface area (Å²) in [7, 11) is 1.74. The fourth-order valence-electron chi connectivity index (χ4n) is 1.18. The molecule has 2 heteroatoms. The molecule has 0 amide bonds. The second kappa shape index (κ2) is 3.18. The van der Waals surface area contributed by atoms with E-state index in [4.69, 9.17) is 10.5 Å². The number of ether oxygens (including phenoxy) is 1. The highest BCUT2D eigenvalue weighted by Crippen LogP contribution is 2.36. The van der Waals surface area contributed by atoms with Crippen LogP contribution in [0.15, 0.2) is 0 Å². The van der Waals surface area contributed by atoms with Crippen LogP contribution < -0.4 is 5.73 Å². The summed E-state index contributed by atoms with van der Waals surface area (Å²) in [6.45, 7) is 1.64. The molecule has 2 N–H and O–H groups in total. The first-order valence-corrected chi connectivity index (χ1v) is 3.57. The Balaban J connectivity index is 2.12. The van der Waals surface area contributed by atoms with Gasteiger partial charge in [-0.1, -0.05) is 0 Å². The Hall–Kier alpha value is -0.0800. The van der Waals surface area contributed by atoms with Gasteiger partial charge in [-0.25, -0.2) is 0 Å². The monoisotopic (exact) mass is 129 g/mol. The van der Waals surface area contributed by atoms with Crippen LogP contribution in [-0.4, -0.2) is 20.3 Å². The number of hydrogen-bond acceptors (Lipinski definition) is 2. The highest BCUT2D eigenvalue weighted by atomic mass is 16.5. The minimum atomic E-state index is 0.634. The third-order valence-corrected chi connectivity index (χ3v) is 1.97. The van der Waals surface area contributed by atoms with Gasteiger partial charge < -0.3 is 10.5 Å². The van der Waals surface area contributed by atoms with Gasteiger partial charge in [0, 0.05) is 7.11 Å². The first-order valence-electron chi connectivity index (χ1n) is 3.57. The number of rotatable bonds is 4. The first-order chi connectivity index (χ1) is 4.38. The van der Waals surface area contributed by atoms with E-state index >= 15 is 0 Å². The Labute approximate surface area is 56.4 Å². The molecule has 1 saturated carbocycles. The fraction of sp³-hybridized carbons (Fsp3) is 1.00. The highest BCUT2D eigenvalue weighted by molar-refractivity contribution is 4.81. The second-order valence-electron chi connectivity index (χ2n) is 2.79. The van der Waals surface area contributed by atoms with Crippen molar-refractivity contribution in [3.8, 4) is 0 Å². The number of hydrogen-bond donors (Lipinski definition) is 1. The summed E-state index contributed by atoms with van der Waals surface area (Å²) in [5.41, 5.74) is 5.52. The first kappa shape index (κ1) is 7.03. The Morgan fingerprint density at radius 3 is 2.67 bits per heavy atom. The molecule has 1 rings (SSSR count). The van der Waals surface area contributed by atoms with Crippen molar-refractivity contribution in [2.75, 3.05) is 20.3 Å². The molecule has 2 nitrogen and oxygen atoms in total. The van der Waals surface area contributed by atoms with Gasteiger partial charge in [0.2, 0.25) is 0 Å². The van der Waals surface area contributed by atoms with E-state index in [1.807, 2.05) is 0 Å². The van der Waals surface area contributed by atoms with E-state index in [-0.39, 0.29) is 0 Å². The Kier molecular flexibility index (Phi) is 2.49. The number of nitrogens with two attached hydrogens (primary N) is 1. The van der Waals surface area contributed by atoms with Crippen molar-refractivity contribution < 1.29 is 4.74 Å². The maximum absolute atomic E-state index is 5.52. The molecule has 0 aliphatic heterocycles. The van der Waals surface area contributed by atoms with Crippen molar-refractivity contribution in [2.24, 2.45) is 17.6 Å². The highest BCUT2D eigenvalue weighted by Gasteiger charge is 2.29. The smallest absolute Gasteiger partial charge is 0.0505 e. The predicted molar refractivity (Wildman–Crippen MR) is 37.1 cm³/mol. The van der Waals surface area contributed by atoms with Gasteiger partial charge in [0.15, 0.2) is 0 Å². The SMILES string of the molecule is COCC(CN)C1CC1. The summed E-state index contributed by atoms with van der Waals surface area (Å²) in [5.74, 6) is 1.52. The van der Waals surface area contributed by atoms with Gasteiger partial charge in [-0.3, -0.25) is 0 Å². The van der Waals surface area contributed by atoms with Gasteiger partial charge in [0.05, 0.1) is 6.61 Å². The van der Waals surface area contributed by atoms with Crippen molar-refractivity contribution in [3.05, 3.63) is 0 Å². The van der Waals surface area contributed by atoms with Crippen molar-refractivity contribution in [2.45, 2.75) is 12.8 Å². The molecule has 0 radical (unpaired) electrons. The summed E-state index contributed by atoms with van der Waals surface area (Å²) >= 11 is 0. The molecule has 0 saturated heterocycles. The molecule has 1 atom stereocenters. The molecule has 1 aliphatic carbocycles. The zero-order valence-corrected chi connectivity index (χ0v) is 5.97. The molecule has 1 fully saturated rings. The summed E-state index contributed by atoms with van der Waals surface area (Å²) in [4.78, 5) is 0. The molecule has 0 aromatic heterocycles. The normalized spacial score (nSPS) is 22.0. The van der Waals surface area contributed by atoms with Crippen molar-refractivity contribution in [3.63, 3.8) is 0 Å². The molecule has 54 valence electrons. The van der Waals surface area contributed by atoms with E-state index in [9.17, 15) is 0 Å². The largest absolute Gasteiger partial charge is 0.384 e. The zero-order chi connectivity index (χ0) is 6.69. The van der Waals surface area contributed by atoms with Crippen molar-refractivity contribution in [1.82, 2.24) is 0 Å². The van der Waals surface area contributed by atoms with E-state index in [0.717, 1.165) is 19.1 Å². The maximum Gasteiger partial charge on any atom is 0.0505 e. The molecular formula is C7H15NO. The Morgan fingerprint density at radius 2 is 2.33 bits per heavy atom. The zero-order valence-electron chi connectivity index (χ0n) is 5.97. The van der Waals surface area contributed by atoms with Crippen LogP contribution in [-0.2, 0) is 4.74 Å². The minimum Gasteiger partial charge on any atom is -0.384 e. The minimum absolute atomic E-state index is 0.634. The summed E-state index contributed by atoms with van der Waals surface area (Å²) < 4.78 is 5.02. The molecule has 1 unspecified atom stereocenters. The molecule has 0 bridgehead atoms.